The maximum Gasteiger partial charge on any atom is 0.179 e. The minimum Gasteiger partial charge on any atom is -0.295 e. The monoisotopic (exact) mass is 174 g/mol. The second kappa shape index (κ2) is 4.89. The Morgan fingerprint density at radius 1 is 1.31 bits per heavy atom. The molecule has 0 aliphatic heterocycles. The third-order valence-corrected chi connectivity index (χ3v) is 1.31. The molecule has 0 aromatic heterocycles. The standard InChI is InChI=1S/C11H7FO/c12-11(9-13)8-4-7-10-5-2-1-3-6-10/h1-3,5-6,8-9H/b11-8+. The quantitative estimate of drug-likeness (QED) is 0.362. The molecule has 0 unspecified atom stereocenters. The second-order valence-corrected chi connectivity index (χ2v) is 2.28. The highest BCUT2D eigenvalue weighted by Crippen LogP contribution is 1.95. The number of hydrogen-bond donors (Lipinski definition) is 0. The van der Waals surface area contributed by atoms with Gasteiger partial charge in [0.2, 0.25) is 0 Å². The van der Waals surface area contributed by atoms with Crippen LogP contribution in [0.1, 0.15) is 5.56 Å². The van der Waals surface area contributed by atoms with Crippen LogP contribution >= 0.6 is 0 Å². The van der Waals surface area contributed by atoms with E-state index in [1.54, 1.807) is 12.1 Å². The van der Waals surface area contributed by atoms with E-state index >= 15 is 0 Å². The summed E-state index contributed by atoms with van der Waals surface area (Å²) in [5.41, 5.74) is 0.789. The predicted octanol–water partition coefficient (Wildman–Crippen LogP) is 2.09. The fourth-order valence-electron chi connectivity index (χ4n) is 0.744. The lowest BCUT2D eigenvalue weighted by atomic mass is 10.2. The number of benzene rings is 1. The molecule has 0 bridgehead atoms. The Balaban J connectivity index is 2.74. The predicted molar refractivity (Wildman–Crippen MR) is 48.6 cm³/mol. The second-order valence-electron chi connectivity index (χ2n) is 2.28. The van der Waals surface area contributed by atoms with Crippen molar-refractivity contribution in [3.8, 4) is 11.8 Å². The molecule has 0 spiro atoms. The van der Waals surface area contributed by atoms with Gasteiger partial charge in [-0.1, -0.05) is 30.0 Å². The van der Waals surface area contributed by atoms with Crippen molar-refractivity contribution in [2.75, 3.05) is 0 Å². The summed E-state index contributed by atoms with van der Waals surface area (Å²) in [4.78, 5) is 9.84. The van der Waals surface area contributed by atoms with Crippen molar-refractivity contribution in [2.45, 2.75) is 0 Å². The van der Waals surface area contributed by atoms with E-state index in [1.807, 2.05) is 18.2 Å². The van der Waals surface area contributed by atoms with E-state index in [0.29, 0.717) is 0 Å². The van der Waals surface area contributed by atoms with Gasteiger partial charge < -0.3 is 0 Å². The molecule has 0 amide bonds. The van der Waals surface area contributed by atoms with Crippen LogP contribution in [0.4, 0.5) is 4.39 Å². The van der Waals surface area contributed by atoms with Crippen molar-refractivity contribution in [3.63, 3.8) is 0 Å². The van der Waals surface area contributed by atoms with Gasteiger partial charge in [0.25, 0.3) is 0 Å². The first-order chi connectivity index (χ1) is 6.33. The summed E-state index contributed by atoms with van der Waals surface area (Å²) in [5, 5.41) is 0. The lowest BCUT2D eigenvalue weighted by molar-refractivity contribution is -0.106. The number of carbonyl (C=O) groups is 1. The number of carbonyl (C=O) groups excluding carboxylic acids is 1. The summed E-state index contributed by atoms with van der Waals surface area (Å²) in [6, 6.07) is 9.15. The van der Waals surface area contributed by atoms with Gasteiger partial charge in [0.15, 0.2) is 12.1 Å². The van der Waals surface area contributed by atoms with Crippen LogP contribution in [0.3, 0.4) is 0 Å². The highest BCUT2D eigenvalue weighted by atomic mass is 19.1. The Bertz CT molecular complexity index is 368. The Morgan fingerprint density at radius 3 is 2.62 bits per heavy atom. The maximum atomic E-state index is 12.2. The lowest BCUT2D eigenvalue weighted by Crippen LogP contribution is -1.72. The van der Waals surface area contributed by atoms with Gasteiger partial charge in [-0.15, -0.1) is 0 Å². The van der Waals surface area contributed by atoms with E-state index in [4.69, 9.17) is 0 Å². The number of aldehydes is 1. The maximum absolute atomic E-state index is 12.2. The van der Waals surface area contributed by atoms with Crippen LogP contribution in [0.2, 0.25) is 0 Å². The first-order valence-electron chi connectivity index (χ1n) is 3.70. The largest absolute Gasteiger partial charge is 0.295 e. The van der Waals surface area contributed by atoms with Crippen molar-refractivity contribution in [1.29, 1.82) is 0 Å². The zero-order valence-electron chi connectivity index (χ0n) is 6.83. The molecule has 2 heteroatoms. The Labute approximate surface area is 75.9 Å². The summed E-state index contributed by atoms with van der Waals surface area (Å²) >= 11 is 0. The first kappa shape index (κ1) is 9.21. The highest BCUT2D eigenvalue weighted by Gasteiger charge is 1.84. The molecule has 0 aliphatic carbocycles. The molecule has 0 aliphatic rings. The first-order valence-corrected chi connectivity index (χ1v) is 3.70. The van der Waals surface area contributed by atoms with Gasteiger partial charge in [-0.3, -0.25) is 4.79 Å². The number of rotatable bonds is 1. The molecule has 0 saturated heterocycles. The minimum absolute atomic E-state index is 0.125. The van der Waals surface area contributed by atoms with Crippen LogP contribution in [0, 0.1) is 11.8 Å². The number of hydrogen-bond acceptors (Lipinski definition) is 1. The molecule has 0 saturated carbocycles. The third-order valence-electron chi connectivity index (χ3n) is 1.31. The van der Waals surface area contributed by atoms with E-state index in [2.05, 4.69) is 11.8 Å². The molecule has 0 fully saturated rings. The molecule has 1 rings (SSSR count). The average molecular weight is 174 g/mol. The van der Waals surface area contributed by atoms with Crippen LogP contribution in [0.25, 0.3) is 0 Å². The van der Waals surface area contributed by atoms with Gasteiger partial charge >= 0.3 is 0 Å². The van der Waals surface area contributed by atoms with Crippen molar-refractivity contribution in [1.82, 2.24) is 0 Å². The molecule has 0 heterocycles. The number of allylic oxidation sites excluding steroid dienone is 2. The van der Waals surface area contributed by atoms with Crippen molar-refractivity contribution < 1.29 is 9.18 Å². The topological polar surface area (TPSA) is 17.1 Å². The molecule has 1 nitrogen and oxygen atoms in total. The summed E-state index contributed by atoms with van der Waals surface area (Å²) < 4.78 is 12.2. The van der Waals surface area contributed by atoms with Crippen molar-refractivity contribution in [2.24, 2.45) is 0 Å². The van der Waals surface area contributed by atoms with Crippen molar-refractivity contribution >= 4 is 6.29 Å². The van der Waals surface area contributed by atoms with Gasteiger partial charge in [0.1, 0.15) is 0 Å². The van der Waals surface area contributed by atoms with E-state index < -0.39 is 5.83 Å². The molecular weight excluding hydrogens is 167 g/mol. The van der Waals surface area contributed by atoms with Crippen LogP contribution in [0.15, 0.2) is 42.2 Å². The smallest absolute Gasteiger partial charge is 0.179 e. The molecule has 1 aromatic rings. The molecule has 0 atom stereocenters. The number of halogens is 1. The van der Waals surface area contributed by atoms with E-state index in [9.17, 15) is 9.18 Å². The van der Waals surface area contributed by atoms with Crippen LogP contribution < -0.4 is 0 Å². The van der Waals surface area contributed by atoms with Gasteiger partial charge in [-0.25, -0.2) is 4.39 Å². The van der Waals surface area contributed by atoms with E-state index in [-0.39, 0.29) is 6.29 Å². The summed E-state index contributed by atoms with van der Waals surface area (Å²) in [5.74, 6) is 4.26. The van der Waals surface area contributed by atoms with E-state index in [1.165, 1.54) is 0 Å². The van der Waals surface area contributed by atoms with Crippen LogP contribution in [-0.2, 0) is 4.79 Å². The normalized spacial score (nSPS) is 10.1. The summed E-state index contributed by atoms with van der Waals surface area (Å²) in [6.45, 7) is 0. The molecule has 0 N–H and O–H groups in total. The highest BCUT2D eigenvalue weighted by molar-refractivity contribution is 5.70. The Hall–Kier alpha value is -1.88. The Morgan fingerprint density at radius 2 is 2.00 bits per heavy atom. The molecule has 64 valence electrons. The van der Waals surface area contributed by atoms with E-state index in [0.717, 1.165) is 11.6 Å². The third kappa shape index (κ3) is 3.35. The van der Waals surface area contributed by atoms with Gasteiger partial charge in [0, 0.05) is 11.6 Å². The fourth-order valence-corrected chi connectivity index (χ4v) is 0.744. The van der Waals surface area contributed by atoms with Crippen LogP contribution in [0.5, 0.6) is 0 Å². The molecule has 13 heavy (non-hydrogen) atoms. The molecule has 1 aromatic carbocycles. The average Bonchev–Trinajstić information content (AvgIpc) is 2.19. The molecular formula is C11H7FO. The van der Waals surface area contributed by atoms with Crippen molar-refractivity contribution in [3.05, 3.63) is 47.8 Å². The zero-order valence-corrected chi connectivity index (χ0v) is 6.83. The zero-order chi connectivity index (χ0) is 9.52. The molecule has 0 radical (unpaired) electrons. The van der Waals surface area contributed by atoms with Gasteiger partial charge in [0.05, 0.1) is 0 Å². The summed E-state index contributed by atoms with van der Waals surface area (Å²) in [7, 11) is 0. The van der Waals surface area contributed by atoms with Crippen LogP contribution in [-0.4, -0.2) is 6.29 Å². The minimum atomic E-state index is -0.858. The Kier molecular flexibility index (Phi) is 3.46. The van der Waals surface area contributed by atoms with Gasteiger partial charge in [-0.05, 0) is 12.1 Å². The fraction of sp³-hybridized carbons (Fsp3) is 0. The summed E-state index contributed by atoms with van der Waals surface area (Å²) in [6.07, 6.45) is 1.07. The van der Waals surface area contributed by atoms with Gasteiger partial charge in [-0.2, -0.15) is 0 Å². The lowest BCUT2D eigenvalue weighted by Gasteiger charge is -1.84. The SMILES string of the molecule is O=C/C(F)=C\C#Cc1ccccc1.